The summed E-state index contributed by atoms with van der Waals surface area (Å²) in [7, 11) is 3.95. The van der Waals surface area contributed by atoms with Crippen LogP contribution in [0, 0.1) is 17.6 Å². The number of nitrogens with zero attached hydrogens (tertiary/aromatic N) is 6. The van der Waals surface area contributed by atoms with Crippen LogP contribution in [-0.4, -0.2) is 73.1 Å². The summed E-state index contributed by atoms with van der Waals surface area (Å²) in [6.07, 6.45) is 12.8. The van der Waals surface area contributed by atoms with Gasteiger partial charge in [-0.1, -0.05) is 19.3 Å². The van der Waals surface area contributed by atoms with Crippen molar-refractivity contribution in [3.05, 3.63) is 66.9 Å². The first-order valence-corrected chi connectivity index (χ1v) is 15.7. The number of H-pyrrole nitrogens is 2. The van der Waals surface area contributed by atoms with Gasteiger partial charge in [-0.2, -0.15) is 5.10 Å². The zero-order chi connectivity index (χ0) is 32.5. The summed E-state index contributed by atoms with van der Waals surface area (Å²) in [5.74, 6) is -0.766. The molecule has 0 aliphatic heterocycles. The average molecular weight is 637 g/mol. The Labute approximate surface area is 269 Å². The number of benzene rings is 1. The summed E-state index contributed by atoms with van der Waals surface area (Å²) in [4.78, 5) is 35.8. The molecule has 5 heterocycles. The number of imidazole rings is 1. The minimum absolute atomic E-state index is 0.0284. The van der Waals surface area contributed by atoms with Gasteiger partial charge in [-0.3, -0.25) is 24.8 Å². The van der Waals surface area contributed by atoms with Crippen LogP contribution in [0.5, 0.6) is 0 Å². The van der Waals surface area contributed by atoms with Gasteiger partial charge < -0.3 is 20.5 Å². The second-order valence-corrected chi connectivity index (χ2v) is 12.2. The number of likely N-dealkylation sites (N-methyl/N-ethyl adjacent to an activating group) is 1. The Morgan fingerprint density at radius 1 is 0.915 bits per heavy atom. The van der Waals surface area contributed by atoms with Gasteiger partial charge in [0.15, 0.2) is 11.6 Å². The standard InChI is InChI=1S/C34H34F2N10O/c1-46(2)9-8-39-23-11-20(10-22(35)13-23)25-16-38-17-27-31(25)43-33(42-27)32-28-26(44-45-32)18-40-30(29(28)36)21-12-24(15-37-14-21)41-34(47)19-6-4-3-5-7-19/h10-19,39H,3-9H2,1-2H3,(H,41,47)(H,42,43)(H,44,45). The molecule has 0 saturated heterocycles. The largest absolute Gasteiger partial charge is 0.384 e. The number of aromatic nitrogens is 7. The van der Waals surface area contributed by atoms with Crippen molar-refractivity contribution in [2.75, 3.05) is 37.8 Å². The van der Waals surface area contributed by atoms with E-state index in [9.17, 15) is 9.18 Å². The smallest absolute Gasteiger partial charge is 0.227 e. The molecule has 1 fully saturated rings. The van der Waals surface area contributed by atoms with Crippen LogP contribution < -0.4 is 10.6 Å². The second-order valence-electron chi connectivity index (χ2n) is 12.2. The molecule has 11 nitrogen and oxygen atoms in total. The van der Waals surface area contributed by atoms with E-state index < -0.39 is 11.6 Å². The topological polar surface area (TPSA) is 140 Å². The van der Waals surface area contributed by atoms with Gasteiger partial charge >= 0.3 is 0 Å². The van der Waals surface area contributed by atoms with Crippen molar-refractivity contribution < 1.29 is 13.6 Å². The molecule has 7 rings (SSSR count). The lowest BCUT2D eigenvalue weighted by atomic mass is 9.88. The van der Waals surface area contributed by atoms with E-state index in [0.29, 0.717) is 57.0 Å². The first kappa shape index (κ1) is 30.4. The van der Waals surface area contributed by atoms with Crippen LogP contribution in [0.4, 0.5) is 20.2 Å². The van der Waals surface area contributed by atoms with Crippen LogP contribution in [0.3, 0.4) is 0 Å². The third-order valence-corrected chi connectivity index (χ3v) is 8.52. The molecule has 1 aromatic carbocycles. The second kappa shape index (κ2) is 12.8. The molecule has 0 unspecified atom stereocenters. The maximum Gasteiger partial charge on any atom is 0.227 e. The number of carbonyl (C=O) groups excluding carboxylic acids is 1. The quantitative estimate of drug-likeness (QED) is 0.143. The summed E-state index contributed by atoms with van der Waals surface area (Å²) < 4.78 is 31.0. The molecular weight excluding hydrogens is 602 g/mol. The normalized spacial score (nSPS) is 13.9. The number of pyridine rings is 3. The summed E-state index contributed by atoms with van der Waals surface area (Å²) >= 11 is 0. The molecule has 1 aliphatic rings. The highest BCUT2D eigenvalue weighted by molar-refractivity contribution is 5.98. The van der Waals surface area contributed by atoms with Gasteiger partial charge in [0.1, 0.15) is 17.2 Å². The van der Waals surface area contributed by atoms with E-state index in [1.165, 1.54) is 24.5 Å². The van der Waals surface area contributed by atoms with Gasteiger partial charge in [0.2, 0.25) is 5.91 Å². The summed E-state index contributed by atoms with van der Waals surface area (Å²) in [5, 5.41) is 13.6. The zero-order valence-electron chi connectivity index (χ0n) is 26.1. The van der Waals surface area contributed by atoms with E-state index in [1.54, 1.807) is 24.7 Å². The molecule has 240 valence electrons. The number of nitrogens with one attached hydrogen (secondary N) is 4. The highest BCUT2D eigenvalue weighted by Gasteiger charge is 2.23. The highest BCUT2D eigenvalue weighted by atomic mass is 19.1. The molecule has 13 heteroatoms. The van der Waals surface area contributed by atoms with Crippen LogP contribution in [0.1, 0.15) is 32.1 Å². The molecule has 0 radical (unpaired) electrons. The first-order valence-electron chi connectivity index (χ1n) is 15.7. The molecule has 1 aliphatic carbocycles. The molecule has 4 N–H and O–H groups in total. The van der Waals surface area contributed by atoms with E-state index in [0.717, 1.165) is 38.6 Å². The van der Waals surface area contributed by atoms with Gasteiger partial charge in [0, 0.05) is 48.2 Å². The van der Waals surface area contributed by atoms with E-state index in [4.69, 9.17) is 4.98 Å². The molecular formula is C34H34F2N10O. The van der Waals surface area contributed by atoms with Crippen molar-refractivity contribution in [1.82, 2.24) is 40.0 Å². The molecule has 0 bridgehead atoms. The maximum atomic E-state index is 16.3. The van der Waals surface area contributed by atoms with Crippen LogP contribution >= 0.6 is 0 Å². The van der Waals surface area contributed by atoms with Gasteiger partial charge in [0.05, 0.1) is 46.2 Å². The number of rotatable bonds is 9. The number of fused-ring (bicyclic) bond motifs is 2. The molecule has 1 amide bonds. The Morgan fingerprint density at radius 2 is 1.72 bits per heavy atom. The highest BCUT2D eigenvalue weighted by Crippen LogP contribution is 2.35. The third-order valence-electron chi connectivity index (χ3n) is 8.52. The number of hydrogen-bond acceptors (Lipinski definition) is 8. The zero-order valence-corrected chi connectivity index (χ0v) is 26.1. The fraction of sp³-hybridized carbons (Fsp3) is 0.294. The minimum Gasteiger partial charge on any atom is -0.384 e. The van der Waals surface area contributed by atoms with Crippen molar-refractivity contribution in [2.45, 2.75) is 32.1 Å². The van der Waals surface area contributed by atoms with Crippen molar-refractivity contribution in [1.29, 1.82) is 0 Å². The van der Waals surface area contributed by atoms with Crippen LogP contribution in [0.25, 0.3) is 55.8 Å². The SMILES string of the molecule is CN(C)CCNc1cc(F)cc(-c2cncc3[nH]c(-c4n[nH]c5cnc(-c6cncc(NC(=O)C7CCCCC7)c6)c(F)c45)nc23)c1. The molecule has 0 atom stereocenters. The molecule has 6 aromatic rings. The Balaban J connectivity index is 1.22. The maximum absolute atomic E-state index is 16.3. The summed E-state index contributed by atoms with van der Waals surface area (Å²) in [6, 6.07) is 6.41. The average Bonchev–Trinajstić information content (AvgIpc) is 3.70. The lowest BCUT2D eigenvalue weighted by Crippen LogP contribution is -2.24. The van der Waals surface area contributed by atoms with Crippen molar-refractivity contribution in [3.8, 4) is 33.9 Å². The predicted molar refractivity (Wildman–Crippen MR) is 178 cm³/mol. The number of halogens is 2. The van der Waals surface area contributed by atoms with E-state index >= 15 is 4.39 Å². The van der Waals surface area contributed by atoms with Crippen LogP contribution in [0.15, 0.2) is 55.2 Å². The Hall–Kier alpha value is -5.30. The number of aromatic amines is 2. The number of hydrogen-bond donors (Lipinski definition) is 4. The van der Waals surface area contributed by atoms with Gasteiger partial charge in [-0.05, 0) is 56.8 Å². The summed E-state index contributed by atoms with van der Waals surface area (Å²) in [5.41, 5.74) is 4.57. The fourth-order valence-corrected chi connectivity index (χ4v) is 6.12. The van der Waals surface area contributed by atoms with E-state index in [-0.39, 0.29) is 28.6 Å². The van der Waals surface area contributed by atoms with Crippen LogP contribution in [-0.2, 0) is 4.79 Å². The van der Waals surface area contributed by atoms with Gasteiger partial charge in [-0.25, -0.2) is 13.8 Å². The number of carbonyl (C=O) groups is 1. The lowest BCUT2D eigenvalue weighted by molar-refractivity contribution is -0.120. The Bertz CT molecular complexity index is 2080. The van der Waals surface area contributed by atoms with Gasteiger partial charge in [-0.15, -0.1) is 0 Å². The fourth-order valence-electron chi connectivity index (χ4n) is 6.12. The van der Waals surface area contributed by atoms with Gasteiger partial charge in [0.25, 0.3) is 0 Å². The van der Waals surface area contributed by atoms with Crippen molar-refractivity contribution in [2.24, 2.45) is 5.92 Å². The first-order chi connectivity index (χ1) is 22.8. The monoisotopic (exact) mass is 636 g/mol. The minimum atomic E-state index is -0.610. The third kappa shape index (κ3) is 6.26. The predicted octanol–water partition coefficient (Wildman–Crippen LogP) is 6.40. The number of amides is 1. The molecule has 0 spiro atoms. The molecule has 1 saturated carbocycles. The Morgan fingerprint density at radius 3 is 2.55 bits per heavy atom. The number of anilines is 2. The van der Waals surface area contributed by atoms with Crippen molar-refractivity contribution >= 4 is 39.2 Å². The van der Waals surface area contributed by atoms with Crippen LogP contribution in [0.2, 0.25) is 0 Å². The van der Waals surface area contributed by atoms with E-state index in [1.807, 2.05) is 25.1 Å². The Kier molecular flexibility index (Phi) is 8.29. The molecule has 47 heavy (non-hydrogen) atoms. The van der Waals surface area contributed by atoms with E-state index in [2.05, 4.69) is 40.8 Å². The summed E-state index contributed by atoms with van der Waals surface area (Å²) in [6.45, 7) is 1.44. The lowest BCUT2D eigenvalue weighted by Gasteiger charge is -2.20. The molecule has 5 aromatic heterocycles. The van der Waals surface area contributed by atoms with Crippen molar-refractivity contribution in [3.63, 3.8) is 0 Å².